The molecule has 0 amide bonds. The smallest absolute Gasteiger partial charge is 0.117 e. The lowest BCUT2D eigenvalue weighted by molar-refractivity contribution is 0.172. The van der Waals surface area contributed by atoms with E-state index in [1.54, 1.807) is 0 Å². The van der Waals surface area contributed by atoms with Crippen LogP contribution in [0.4, 0.5) is 0 Å². The van der Waals surface area contributed by atoms with Crippen molar-refractivity contribution in [2.75, 3.05) is 19.6 Å². The Labute approximate surface area is 86.9 Å². The van der Waals surface area contributed by atoms with Gasteiger partial charge in [0.05, 0.1) is 6.07 Å². The van der Waals surface area contributed by atoms with Gasteiger partial charge in [0, 0.05) is 6.54 Å². The minimum atomic E-state index is -0.588. The van der Waals surface area contributed by atoms with Crippen LogP contribution in [0.5, 0.6) is 0 Å². The summed E-state index contributed by atoms with van der Waals surface area (Å²) in [6.45, 7) is 7.38. The van der Waals surface area contributed by atoms with Gasteiger partial charge < -0.3 is 10.6 Å². The van der Waals surface area contributed by atoms with E-state index >= 15 is 0 Å². The largest absolute Gasteiger partial charge is 0.312 e. The number of likely N-dealkylation sites (tertiary alicyclic amines) is 1. The lowest BCUT2D eigenvalue weighted by atomic mass is 9.91. The molecule has 1 rings (SSSR count). The number of rotatable bonds is 3. The maximum atomic E-state index is 8.94. The fourth-order valence-corrected chi connectivity index (χ4v) is 1.90. The molecule has 2 N–H and O–H groups in total. The number of nitrogens with two attached hydrogens (primary N) is 1. The molecule has 0 aromatic heterocycles. The van der Waals surface area contributed by atoms with Gasteiger partial charge in [-0.2, -0.15) is 5.26 Å². The van der Waals surface area contributed by atoms with Gasteiger partial charge in [-0.1, -0.05) is 13.8 Å². The molecule has 0 aromatic rings. The maximum Gasteiger partial charge on any atom is 0.117 e. The van der Waals surface area contributed by atoms with Gasteiger partial charge in [-0.3, -0.25) is 0 Å². The van der Waals surface area contributed by atoms with Crippen molar-refractivity contribution in [1.29, 1.82) is 5.26 Å². The SMILES string of the molecule is CC(C)CCN1CCCC(N)(C#N)C1. The standard InChI is InChI=1S/C11H21N3/c1-10(2)4-7-14-6-3-5-11(13,8-12)9-14/h10H,3-7,9,13H2,1-2H3. The van der Waals surface area contributed by atoms with Crippen LogP contribution >= 0.6 is 0 Å². The molecule has 1 unspecified atom stereocenters. The van der Waals surface area contributed by atoms with E-state index in [4.69, 9.17) is 11.0 Å². The van der Waals surface area contributed by atoms with E-state index in [1.165, 1.54) is 6.42 Å². The topological polar surface area (TPSA) is 53.0 Å². The van der Waals surface area contributed by atoms with E-state index in [1.807, 2.05) is 0 Å². The van der Waals surface area contributed by atoms with E-state index in [2.05, 4.69) is 24.8 Å². The van der Waals surface area contributed by atoms with Crippen LogP contribution in [0.1, 0.15) is 33.1 Å². The van der Waals surface area contributed by atoms with Crippen molar-refractivity contribution in [1.82, 2.24) is 4.90 Å². The van der Waals surface area contributed by atoms with Crippen molar-refractivity contribution in [3.05, 3.63) is 0 Å². The van der Waals surface area contributed by atoms with Crippen LogP contribution in [0.2, 0.25) is 0 Å². The molecule has 0 saturated carbocycles. The first-order valence-electron chi connectivity index (χ1n) is 5.48. The molecule has 1 atom stereocenters. The lowest BCUT2D eigenvalue weighted by Crippen LogP contribution is -2.53. The van der Waals surface area contributed by atoms with Crippen LogP contribution in [-0.4, -0.2) is 30.1 Å². The Bertz CT molecular complexity index is 219. The van der Waals surface area contributed by atoms with Gasteiger partial charge in [0.15, 0.2) is 0 Å². The molecule has 1 aliphatic rings. The molecule has 3 nitrogen and oxygen atoms in total. The second kappa shape index (κ2) is 4.77. The summed E-state index contributed by atoms with van der Waals surface area (Å²) in [6, 6.07) is 2.23. The first-order chi connectivity index (χ1) is 6.56. The lowest BCUT2D eigenvalue weighted by Gasteiger charge is -2.35. The highest BCUT2D eigenvalue weighted by molar-refractivity contribution is 5.08. The van der Waals surface area contributed by atoms with Gasteiger partial charge in [0.2, 0.25) is 0 Å². The molecule has 0 aromatic carbocycles. The molecule has 1 heterocycles. The van der Waals surface area contributed by atoms with Crippen LogP contribution in [0, 0.1) is 17.2 Å². The molecular formula is C11H21N3. The maximum absolute atomic E-state index is 8.94. The van der Waals surface area contributed by atoms with E-state index < -0.39 is 5.54 Å². The van der Waals surface area contributed by atoms with E-state index in [9.17, 15) is 0 Å². The summed E-state index contributed by atoms with van der Waals surface area (Å²) >= 11 is 0. The number of piperidine rings is 1. The highest BCUT2D eigenvalue weighted by Crippen LogP contribution is 2.18. The van der Waals surface area contributed by atoms with Crippen molar-refractivity contribution in [2.24, 2.45) is 11.7 Å². The summed E-state index contributed by atoms with van der Waals surface area (Å²) in [7, 11) is 0. The highest BCUT2D eigenvalue weighted by Gasteiger charge is 2.31. The number of hydrogen-bond donors (Lipinski definition) is 1. The Morgan fingerprint density at radius 3 is 2.86 bits per heavy atom. The third-order valence-electron chi connectivity index (χ3n) is 2.85. The average molecular weight is 195 g/mol. The number of nitriles is 1. The van der Waals surface area contributed by atoms with Gasteiger partial charge in [-0.25, -0.2) is 0 Å². The minimum absolute atomic E-state index is 0.588. The van der Waals surface area contributed by atoms with E-state index in [0.29, 0.717) is 0 Å². The Balaban J connectivity index is 2.37. The van der Waals surface area contributed by atoms with Gasteiger partial charge in [-0.15, -0.1) is 0 Å². The van der Waals surface area contributed by atoms with Crippen molar-refractivity contribution in [3.63, 3.8) is 0 Å². The van der Waals surface area contributed by atoms with Crippen molar-refractivity contribution in [3.8, 4) is 6.07 Å². The highest BCUT2D eigenvalue weighted by atomic mass is 15.2. The normalized spacial score (nSPS) is 29.1. The molecule has 0 spiro atoms. The molecule has 1 saturated heterocycles. The fraction of sp³-hybridized carbons (Fsp3) is 0.909. The summed E-state index contributed by atoms with van der Waals surface area (Å²) in [5.74, 6) is 0.728. The first kappa shape index (κ1) is 11.5. The van der Waals surface area contributed by atoms with Crippen molar-refractivity contribution in [2.45, 2.75) is 38.6 Å². The monoisotopic (exact) mass is 195 g/mol. The molecule has 0 bridgehead atoms. The Kier molecular flexibility index (Phi) is 3.91. The van der Waals surface area contributed by atoms with Gasteiger partial charge in [0.1, 0.15) is 5.54 Å². The summed E-state index contributed by atoms with van der Waals surface area (Å²) in [5, 5.41) is 8.94. The van der Waals surface area contributed by atoms with Gasteiger partial charge >= 0.3 is 0 Å². The van der Waals surface area contributed by atoms with Crippen molar-refractivity contribution < 1.29 is 0 Å². The molecule has 80 valence electrons. The van der Waals surface area contributed by atoms with E-state index in [0.717, 1.165) is 38.4 Å². The Hall–Kier alpha value is -0.590. The zero-order valence-electron chi connectivity index (χ0n) is 9.29. The third kappa shape index (κ3) is 3.28. The van der Waals surface area contributed by atoms with Crippen molar-refractivity contribution >= 4 is 0 Å². The summed E-state index contributed by atoms with van der Waals surface area (Å²) in [5.41, 5.74) is 5.36. The predicted molar refractivity (Wildman–Crippen MR) is 57.7 cm³/mol. The average Bonchev–Trinajstić information content (AvgIpc) is 2.15. The summed E-state index contributed by atoms with van der Waals surface area (Å²) < 4.78 is 0. The molecule has 3 heteroatoms. The zero-order chi connectivity index (χ0) is 10.6. The molecule has 0 radical (unpaired) electrons. The van der Waals surface area contributed by atoms with Gasteiger partial charge in [0.25, 0.3) is 0 Å². The fourth-order valence-electron chi connectivity index (χ4n) is 1.90. The summed E-state index contributed by atoms with van der Waals surface area (Å²) in [4.78, 5) is 2.33. The molecule has 14 heavy (non-hydrogen) atoms. The first-order valence-corrected chi connectivity index (χ1v) is 5.48. The number of nitrogens with zero attached hydrogens (tertiary/aromatic N) is 2. The molecular weight excluding hydrogens is 174 g/mol. The van der Waals surface area contributed by atoms with Crippen LogP contribution in [0.3, 0.4) is 0 Å². The van der Waals surface area contributed by atoms with Crippen LogP contribution < -0.4 is 5.73 Å². The minimum Gasteiger partial charge on any atom is -0.312 e. The van der Waals surface area contributed by atoms with E-state index in [-0.39, 0.29) is 0 Å². The van der Waals surface area contributed by atoms with Crippen LogP contribution in [0.25, 0.3) is 0 Å². The quantitative estimate of drug-likeness (QED) is 0.739. The summed E-state index contributed by atoms with van der Waals surface area (Å²) in [6.07, 6.45) is 3.10. The van der Waals surface area contributed by atoms with Crippen LogP contribution in [0.15, 0.2) is 0 Å². The predicted octanol–water partition coefficient (Wildman–Crippen LogP) is 1.35. The Morgan fingerprint density at radius 2 is 2.29 bits per heavy atom. The molecule has 1 aliphatic heterocycles. The third-order valence-corrected chi connectivity index (χ3v) is 2.85. The zero-order valence-corrected chi connectivity index (χ0v) is 9.29. The molecule has 1 fully saturated rings. The second-order valence-corrected chi connectivity index (χ2v) is 4.83. The van der Waals surface area contributed by atoms with Crippen LogP contribution in [-0.2, 0) is 0 Å². The number of hydrogen-bond acceptors (Lipinski definition) is 3. The second-order valence-electron chi connectivity index (χ2n) is 4.83. The molecule has 0 aliphatic carbocycles. The Morgan fingerprint density at radius 1 is 1.57 bits per heavy atom. The van der Waals surface area contributed by atoms with Gasteiger partial charge in [-0.05, 0) is 38.3 Å².